The molecule has 4 rings (SSSR count). The number of anilines is 1. The maximum absolute atomic E-state index is 12.2. The number of nitrogens with one attached hydrogen (secondary N) is 1. The van der Waals surface area contributed by atoms with Gasteiger partial charge in [0.05, 0.1) is 22.8 Å². The second kappa shape index (κ2) is 5.93. The number of aryl methyl sites for hydroxylation is 2. The van der Waals surface area contributed by atoms with Crippen LogP contribution in [0.2, 0.25) is 0 Å². The summed E-state index contributed by atoms with van der Waals surface area (Å²) in [5.41, 5.74) is 1.77. The van der Waals surface area contributed by atoms with Gasteiger partial charge in [-0.15, -0.1) is 11.3 Å². The van der Waals surface area contributed by atoms with E-state index in [4.69, 9.17) is 0 Å². The van der Waals surface area contributed by atoms with Gasteiger partial charge in [-0.3, -0.25) is 4.79 Å². The molecule has 0 aliphatic carbocycles. The van der Waals surface area contributed by atoms with Crippen molar-refractivity contribution >= 4 is 38.3 Å². The number of thiophene rings is 1. The van der Waals surface area contributed by atoms with E-state index >= 15 is 0 Å². The van der Waals surface area contributed by atoms with Crippen LogP contribution >= 0.6 is 11.3 Å². The van der Waals surface area contributed by atoms with Crippen molar-refractivity contribution in [2.75, 3.05) is 11.9 Å². The summed E-state index contributed by atoms with van der Waals surface area (Å²) in [4.78, 5) is 32.7. The van der Waals surface area contributed by atoms with Crippen molar-refractivity contribution in [3.8, 4) is 0 Å². The third-order valence-electron chi connectivity index (χ3n) is 4.36. The fourth-order valence-corrected chi connectivity index (χ4v) is 3.95. The van der Waals surface area contributed by atoms with E-state index in [0.29, 0.717) is 23.3 Å². The predicted molar refractivity (Wildman–Crippen MR) is 101 cm³/mol. The molecule has 0 saturated heterocycles. The smallest absolute Gasteiger partial charge is 0.258 e. The molecule has 0 spiro atoms. The highest BCUT2D eigenvalue weighted by Gasteiger charge is 2.16. The minimum atomic E-state index is -0.121. The Bertz CT molecular complexity index is 1150. The first-order chi connectivity index (χ1) is 12.0. The molecular weight excluding hydrogens is 334 g/mol. The Morgan fingerprint density at radius 3 is 2.84 bits per heavy atom. The molecule has 0 aliphatic heterocycles. The maximum Gasteiger partial charge on any atom is 0.258 e. The normalized spacial score (nSPS) is 11.3. The van der Waals surface area contributed by atoms with Gasteiger partial charge in [0.2, 0.25) is 0 Å². The summed E-state index contributed by atoms with van der Waals surface area (Å²) in [5.74, 6) is 1.46. The predicted octanol–water partition coefficient (Wildman–Crippen LogP) is 3.18. The molecular formula is C18H17N5OS. The summed E-state index contributed by atoms with van der Waals surface area (Å²) < 4.78 is 0. The Kier molecular flexibility index (Phi) is 3.73. The number of para-hydroxylation sites is 1. The first-order valence-electron chi connectivity index (χ1n) is 7.94. The number of fused-ring (bicyclic) bond motifs is 2. The molecule has 6 nitrogen and oxygen atoms in total. The average molecular weight is 351 g/mol. The Balaban J connectivity index is 1.76. The van der Waals surface area contributed by atoms with Crippen LogP contribution < -0.4 is 10.5 Å². The van der Waals surface area contributed by atoms with E-state index in [1.165, 1.54) is 10.4 Å². The molecule has 0 bridgehead atoms. The third kappa shape index (κ3) is 2.66. The lowest BCUT2D eigenvalue weighted by atomic mass is 10.2. The van der Waals surface area contributed by atoms with Gasteiger partial charge in [-0.1, -0.05) is 12.1 Å². The van der Waals surface area contributed by atoms with Crippen molar-refractivity contribution in [3.05, 3.63) is 57.2 Å². The van der Waals surface area contributed by atoms with Crippen molar-refractivity contribution in [2.24, 2.45) is 0 Å². The Labute approximate surface area is 148 Å². The number of aromatic nitrogens is 4. The van der Waals surface area contributed by atoms with Crippen molar-refractivity contribution in [2.45, 2.75) is 20.4 Å². The number of H-pyrrole nitrogens is 1. The van der Waals surface area contributed by atoms with Gasteiger partial charge in [-0.05, 0) is 31.5 Å². The Morgan fingerprint density at radius 2 is 2.00 bits per heavy atom. The molecule has 25 heavy (non-hydrogen) atoms. The third-order valence-corrected chi connectivity index (χ3v) is 5.47. The van der Waals surface area contributed by atoms with Crippen LogP contribution in [0.4, 0.5) is 5.82 Å². The minimum Gasteiger partial charge on any atom is -0.352 e. The largest absolute Gasteiger partial charge is 0.352 e. The monoisotopic (exact) mass is 351 g/mol. The molecule has 7 heteroatoms. The topological polar surface area (TPSA) is 74.8 Å². The number of hydrogen-bond donors (Lipinski definition) is 1. The van der Waals surface area contributed by atoms with Crippen LogP contribution in [0.1, 0.15) is 16.3 Å². The average Bonchev–Trinajstić information content (AvgIpc) is 2.89. The van der Waals surface area contributed by atoms with Crippen LogP contribution in [-0.2, 0) is 6.54 Å². The van der Waals surface area contributed by atoms with E-state index in [1.54, 1.807) is 23.7 Å². The number of benzene rings is 1. The molecule has 0 atom stereocenters. The molecule has 0 unspecified atom stereocenters. The lowest BCUT2D eigenvalue weighted by Crippen LogP contribution is -2.22. The second-order valence-corrected chi connectivity index (χ2v) is 7.25. The molecule has 0 aliphatic rings. The molecule has 3 aromatic heterocycles. The quantitative estimate of drug-likeness (QED) is 0.613. The zero-order valence-electron chi connectivity index (χ0n) is 14.2. The fourth-order valence-electron chi connectivity index (χ4n) is 2.96. The van der Waals surface area contributed by atoms with Gasteiger partial charge in [0.25, 0.3) is 5.56 Å². The summed E-state index contributed by atoms with van der Waals surface area (Å²) in [5, 5.41) is 1.67. The van der Waals surface area contributed by atoms with E-state index in [1.807, 2.05) is 30.1 Å². The molecule has 0 saturated carbocycles. The minimum absolute atomic E-state index is 0.121. The number of aromatic amines is 1. The SMILES string of the molecule is Cc1sc2ncnc(N(C)Cc3nc4ccccc4c(=O)[nH]3)c2c1C. The number of rotatable bonds is 3. The molecule has 1 aromatic carbocycles. The molecule has 3 heterocycles. The summed E-state index contributed by atoms with van der Waals surface area (Å²) in [6, 6.07) is 7.35. The van der Waals surface area contributed by atoms with Gasteiger partial charge < -0.3 is 9.88 Å². The van der Waals surface area contributed by atoms with Crippen LogP contribution in [0.3, 0.4) is 0 Å². The van der Waals surface area contributed by atoms with Crippen LogP contribution in [0.5, 0.6) is 0 Å². The van der Waals surface area contributed by atoms with Gasteiger partial charge in [0.1, 0.15) is 22.8 Å². The van der Waals surface area contributed by atoms with Gasteiger partial charge >= 0.3 is 0 Å². The molecule has 4 aromatic rings. The van der Waals surface area contributed by atoms with Crippen LogP contribution in [0.25, 0.3) is 21.1 Å². The molecule has 0 fully saturated rings. The molecule has 126 valence electrons. The zero-order chi connectivity index (χ0) is 17.6. The van der Waals surface area contributed by atoms with Crippen molar-refractivity contribution in [1.82, 2.24) is 19.9 Å². The van der Waals surface area contributed by atoms with Gasteiger partial charge in [-0.25, -0.2) is 15.0 Å². The van der Waals surface area contributed by atoms with Crippen LogP contribution in [-0.4, -0.2) is 27.0 Å². The van der Waals surface area contributed by atoms with E-state index in [2.05, 4.69) is 33.8 Å². The summed E-state index contributed by atoms with van der Waals surface area (Å²) in [6.45, 7) is 4.64. The summed E-state index contributed by atoms with van der Waals surface area (Å²) in [7, 11) is 1.95. The van der Waals surface area contributed by atoms with Crippen molar-refractivity contribution < 1.29 is 0 Å². The maximum atomic E-state index is 12.2. The highest BCUT2D eigenvalue weighted by molar-refractivity contribution is 7.18. The van der Waals surface area contributed by atoms with Gasteiger partial charge in [0, 0.05) is 11.9 Å². The van der Waals surface area contributed by atoms with Crippen LogP contribution in [0.15, 0.2) is 35.4 Å². The molecule has 0 radical (unpaired) electrons. The van der Waals surface area contributed by atoms with E-state index < -0.39 is 0 Å². The molecule has 1 N–H and O–H groups in total. The summed E-state index contributed by atoms with van der Waals surface area (Å²) in [6.07, 6.45) is 1.58. The Morgan fingerprint density at radius 1 is 1.20 bits per heavy atom. The van der Waals surface area contributed by atoms with Crippen molar-refractivity contribution in [3.63, 3.8) is 0 Å². The van der Waals surface area contributed by atoms with E-state index in [9.17, 15) is 4.79 Å². The number of nitrogens with zero attached hydrogens (tertiary/aromatic N) is 4. The standard InChI is InChI=1S/C18H17N5OS/c1-10-11(2)25-18-15(10)16(19-9-20-18)23(3)8-14-21-13-7-5-4-6-12(13)17(24)22-14/h4-7,9H,8H2,1-3H3,(H,21,22,24). The second-order valence-electron chi connectivity index (χ2n) is 6.05. The first kappa shape index (κ1) is 15.7. The van der Waals surface area contributed by atoms with Gasteiger partial charge in [0.15, 0.2) is 0 Å². The zero-order valence-corrected chi connectivity index (χ0v) is 15.0. The fraction of sp³-hybridized carbons (Fsp3) is 0.222. The highest BCUT2D eigenvalue weighted by Crippen LogP contribution is 2.34. The summed E-state index contributed by atoms with van der Waals surface area (Å²) >= 11 is 1.67. The lowest BCUT2D eigenvalue weighted by molar-refractivity contribution is 0.828. The Hall–Kier alpha value is -2.80. The van der Waals surface area contributed by atoms with E-state index in [0.717, 1.165) is 16.0 Å². The number of hydrogen-bond acceptors (Lipinski definition) is 6. The first-order valence-corrected chi connectivity index (χ1v) is 8.76. The van der Waals surface area contributed by atoms with Crippen LogP contribution in [0, 0.1) is 13.8 Å². The van der Waals surface area contributed by atoms with Crippen molar-refractivity contribution in [1.29, 1.82) is 0 Å². The highest BCUT2D eigenvalue weighted by atomic mass is 32.1. The van der Waals surface area contributed by atoms with Gasteiger partial charge in [-0.2, -0.15) is 0 Å². The van der Waals surface area contributed by atoms with E-state index in [-0.39, 0.29) is 5.56 Å². The lowest BCUT2D eigenvalue weighted by Gasteiger charge is -2.18. The molecule has 0 amide bonds.